The largest absolute Gasteiger partial charge is 0.369 e. The number of hydrogen-bond acceptors (Lipinski definition) is 2. The molecule has 2 unspecified atom stereocenters. The standard InChI is InChI=1S/C14H19FN2O/c1-17-7-6-11(13(9-17)14(16)18)8-10-2-4-12(15)5-3-10/h2-5,11,13H,6-9H2,1H3,(H2,16,18). The van der Waals surface area contributed by atoms with Crippen molar-refractivity contribution >= 4 is 5.91 Å². The molecule has 2 N–H and O–H groups in total. The van der Waals surface area contributed by atoms with E-state index in [2.05, 4.69) is 4.90 Å². The van der Waals surface area contributed by atoms with Gasteiger partial charge >= 0.3 is 0 Å². The van der Waals surface area contributed by atoms with Gasteiger partial charge in [-0.15, -0.1) is 0 Å². The Morgan fingerprint density at radius 1 is 1.44 bits per heavy atom. The molecule has 0 spiro atoms. The topological polar surface area (TPSA) is 46.3 Å². The highest BCUT2D eigenvalue weighted by atomic mass is 19.1. The molecule has 1 saturated heterocycles. The number of primary amides is 1. The van der Waals surface area contributed by atoms with Crippen LogP contribution in [0.5, 0.6) is 0 Å². The van der Waals surface area contributed by atoms with Gasteiger partial charge in [-0.3, -0.25) is 4.79 Å². The third-order valence-corrected chi connectivity index (χ3v) is 3.74. The van der Waals surface area contributed by atoms with Crippen LogP contribution < -0.4 is 5.73 Å². The van der Waals surface area contributed by atoms with Crippen molar-refractivity contribution in [3.05, 3.63) is 35.6 Å². The predicted molar refractivity (Wildman–Crippen MR) is 68.4 cm³/mol. The number of piperidine rings is 1. The summed E-state index contributed by atoms with van der Waals surface area (Å²) in [5.74, 6) is -0.291. The van der Waals surface area contributed by atoms with Crippen molar-refractivity contribution in [1.82, 2.24) is 4.90 Å². The number of carbonyl (C=O) groups is 1. The number of carbonyl (C=O) groups excluding carboxylic acids is 1. The summed E-state index contributed by atoms with van der Waals surface area (Å²) in [6.07, 6.45) is 1.75. The molecule has 0 saturated carbocycles. The first-order valence-electron chi connectivity index (χ1n) is 6.28. The molecular formula is C14H19FN2O. The quantitative estimate of drug-likeness (QED) is 0.882. The Morgan fingerprint density at radius 2 is 2.11 bits per heavy atom. The lowest BCUT2D eigenvalue weighted by Gasteiger charge is -2.35. The lowest BCUT2D eigenvalue weighted by atomic mass is 9.81. The first kappa shape index (κ1) is 13.0. The molecule has 0 radical (unpaired) electrons. The fraction of sp³-hybridized carbons (Fsp3) is 0.500. The molecule has 1 aromatic carbocycles. The van der Waals surface area contributed by atoms with Crippen molar-refractivity contribution in [2.24, 2.45) is 17.6 Å². The molecule has 18 heavy (non-hydrogen) atoms. The number of hydrogen-bond donors (Lipinski definition) is 1. The van der Waals surface area contributed by atoms with Gasteiger partial charge in [-0.1, -0.05) is 12.1 Å². The van der Waals surface area contributed by atoms with Crippen molar-refractivity contribution in [2.45, 2.75) is 12.8 Å². The van der Waals surface area contributed by atoms with Crippen molar-refractivity contribution < 1.29 is 9.18 Å². The number of likely N-dealkylation sites (tertiary alicyclic amines) is 1. The van der Waals surface area contributed by atoms with E-state index >= 15 is 0 Å². The number of rotatable bonds is 3. The van der Waals surface area contributed by atoms with Crippen LogP contribution in [0.4, 0.5) is 4.39 Å². The van der Waals surface area contributed by atoms with Crippen LogP contribution in [0.2, 0.25) is 0 Å². The van der Waals surface area contributed by atoms with Crippen LogP contribution in [0.1, 0.15) is 12.0 Å². The second-order valence-electron chi connectivity index (χ2n) is 5.15. The molecule has 1 heterocycles. The third-order valence-electron chi connectivity index (χ3n) is 3.74. The van der Waals surface area contributed by atoms with Gasteiger partial charge in [0.2, 0.25) is 5.91 Å². The third kappa shape index (κ3) is 3.07. The van der Waals surface area contributed by atoms with E-state index in [1.165, 1.54) is 12.1 Å². The Morgan fingerprint density at radius 3 is 2.72 bits per heavy atom. The van der Waals surface area contributed by atoms with Crippen LogP contribution in [0, 0.1) is 17.7 Å². The van der Waals surface area contributed by atoms with Crippen LogP contribution >= 0.6 is 0 Å². The van der Waals surface area contributed by atoms with E-state index in [9.17, 15) is 9.18 Å². The minimum absolute atomic E-state index is 0.103. The Kier molecular flexibility index (Phi) is 3.97. The van der Waals surface area contributed by atoms with Crippen LogP contribution in [-0.2, 0) is 11.2 Å². The number of nitrogens with zero attached hydrogens (tertiary/aromatic N) is 1. The molecule has 1 aliphatic rings. The summed E-state index contributed by atoms with van der Waals surface area (Å²) in [4.78, 5) is 13.6. The van der Waals surface area contributed by atoms with E-state index in [0.29, 0.717) is 0 Å². The molecular weight excluding hydrogens is 231 g/mol. The fourth-order valence-corrected chi connectivity index (χ4v) is 2.65. The van der Waals surface area contributed by atoms with Crippen molar-refractivity contribution in [2.75, 3.05) is 20.1 Å². The lowest BCUT2D eigenvalue weighted by Crippen LogP contribution is -2.45. The molecule has 1 aliphatic heterocycles. The summed E-state index contributed by atoms with van der Waals surface area (Å²) in [7, 11) is 2.00. The molecule has 98 valence electrons. The minimum atomic E-state index is -0.228. The molecule has 1 fully saturated rings. The van der Waals surface area contributed by atoms with E-state index in [-0.39, 0.29) is 23.6 Å². The zero-order valence-corrected chi connectivity index (χ0v) is 10.6. The molecule has 3 nitrogen and oxygen atoms in total. The summed E-state index contributed by atoms with van der Waals surface area (Å²) in [6.45, 7) is 1.71. The molecule has 0 bridgehead atoms. The fourth-order valence-electron chi connectivity index (χ4n) is 2.65. The van der Waals surface area contributed by atoms with E-state index in [1.54, 1.807) is 12.1 Å². The first-order chi connectivity index (χ1) is 8.56. The van der Waals surface area contributed by atoms with Gasteiger partial charge in [0.1, 0.15) is 5.82 Å². The van der Waals surface area contributed by atoms with Crippen molar-refractivity contribution in [3.63, 3.8) is 0 Å². The minimum Gasteiger partial charge on any atom is -0.369 e. The maximum Gasteiger partial charge on any atom is 0.222 e. The molecule has 1 amide bonds. The number of halogens is 1. The number of amides is 1. The van der Waals surface area contributed by atoms with Crippen LogP contribution in [0.25, 0.3) is 0 Å². The average Bonchev–Trinajstić information content (AvgIpc) is 2.34. The van der Waals surface area contributed by atoms with Gasteiger partial charge < -0.3 is 10.6 Å². The maximum atomic E-state index is 12.8. The average molecular weight is 250 g/mol. The highest BCUT2D eigenvalue weighted by Gasteiger charge is 2.31. The molecule has 2 atom stereocenters. The van der Waals surface area contributed by atoms with Gasteiger partial charge in [-0.25, -0.2) is 4.39 Å². The van der Waals surface area contributed by atoms with Crippen molar-refractivity contribution in [3.8, 4) is 0 Å². The smallest absolute Gasteiger partial charge is 0.222 e. The SMILES string of the molecule is CN1CCC(Cc2ccc(F)cc2)C(C(N)=O)C1. The van der Waals surface area contributed by atoms with E-state index < -0.39 is 0 Å². The summed E-state index contributed by atoms with van der Waals surface area (Å²) in [6, 6.07) is 6.49. The second-order valence-corrected chi connectivity index (χ2v) is 5.15. The van der Waals surface area contributed by atoms with Gasteiger partial charge in [0, 0.05) is 6.54 Å². The molecule has 4 heteroatoms. The van der Waals surface area contributed by atoms with E-state index in [1.807, 2.05) is 7.05 Å². The van der Waals surface area contributed by atoms with Gasteiger partial charge in [0.25, 0.3) is 0 Å². The Labute approximate surface area is 107 Å². The van der Waals surface area contributed by atoms with Crippen molar-refractivity contribution in [1.29, 1.82) is 0 Å². The van der Waals surface area contributed by atoms with Gasteiger partial charge in [0.15, 0.2) is 0 Å². The predicted octanol–water partition coefficient (Wildman–Crippen LogP) is 1.42. The van der Waals surface area contributed by atoms with E-state index in [4.69, 9.17) is 5.73 Å². The summed E-state index contributed by atoms with van der Waals surface area (Å²) < 4.78 is 12.8. The van der Waals surface area contributed by atoms with E-state index in [0.717, 1.165) is 31.5 Å². The maximum absolute atomic E-state index is 12.8. The van der Waals surface area contributed by atoms with Crippen LogP contribution in [0.15, 0.2) is 24.3 Å². The van der Waals surface area contributed by atoms with Gasteiger partial charge in [-0.2, -0.15) is 0 Å². The molecule has 1 aromatic rings. The summed E-state index contributed by atoms with van der Waals surface area (Å²) in [5.41, 5.74) is 6.54. The summed E-state index contributed by atoms with van der Waals surface area (Å²) >= 11 is 0. The summed E-state index contributed by atoms with van der Waals surface area (Å²) in [5, 5.41) is 0. The van der Waals surface area contributed by atoms with Crippen LogP contribution in [0.3, 0.4) is 0 Å². The zero-order valence-electron chi connectivity index (χ0n) is 10.6. The Balaban J connectivity index is 2.06. The Hall–Kier alpha value is -1.42. The van der Waals surface area contributed by atoms with Gasteiger partial charge in [0.05, 0.1) is 5.92 Å². The van der Waals surface area contributed by atoms with Gasteiger partial charge in [-0.05, 0) is 50.0 Å². The lowest BCUT2D eigenvalue weighted by molar-refractivity contribution is -0.125. The highest BCUT2D eigenvalue weighted by molar-refractivity contribution is 5.77. The number of nitrogens with two attached hydrogens (primary N) is 1. The highest BCUT2D eigenvalue weighted by Crippen LogP contribution is 2.26. The number of benzene rings is 1. The van der Waals surface area contributed by atoms with Crippen LogP contribution in [-0.4, -0.2) is 30.9 Å². The normalized spacial score (nSPS) is 25.0. The Bertz CT molecular complexity index is 418. The molecule has 0 aliphatic carbocycles. The molecule has 2 rings (SSSR count). The second kappa shape index (κ2) is 5.48. The zero-order chi connectivity index (χ0) is 13.1. The molecule has 0 aromatic heterocycles. The first-order valence-corrected chi connectivity index (χ1v) is 6.28. The monoisotopic (exact) mass is 250 g/mol.